The lowest BCUT2D eigenvalue weighted by molar-refractivity contribution is 0.103. The van der Waals surface area contributed by atoms with Crippen LogP contribution in [0.1, 0.15) is 36.8 Å². The fraction of sp³-hybridized carbons (Fsp3) is 0.222. The zero-order valence-electron chi connectivity index (χ0n) is 19.2. The first-order valence-corrected chi connectivity index (χ1v) is 13.7. The number of hydrogen-bond donors (Lipinski definition) is 1. The number of ether oxygens (including phenoxy) is 1. The molecule has 0 atom stereocenters. The highest BCUT2D eigenvalue weighted by atomic mass is 28.4. The number of para-hydroxylation sites is 1. The van der Waals surface area contributed by atoms with E-state index in [0.29, 0.717) is 17.0 Å². The van der Waals surface area contributed by atoms with Crippen LogP contribution >= 0.6 is 0 Å². The van der Waals surface area contributed by atoms with Crippen molar-refractivity contribution in [2.75, 3.05) is 0 Å². The van der Waals surface area contributed by atoms with Crippen LogP contribution in [0.5, 0.6) is 17.2 Å². The van der Waals surface area contributed by atoms with Crippen LogP contribution < -0.4 is 9.16 Å². The standard InChI is InChI=1S/C27H29NO3Si/c1-27(2,3)32(4,5)31-23-15-16-24-20(17-23)18-25(28-24)26(29)19-11-13-22(14-12-19)30-21-9-7-6-8-10-21/h6-18,28H,1-5H3. The van der Waals surface area contributed by atoms with E-state index in [1.165, 1.54) is 0 Å². The van der Waals surface area contributed by atoms with Crippen LogP contribution in [-0.4, -0.2) is 19.1 Å². The summed E-state index contributed by atoms with van der Waals surface area (Å²) in [6, 6.07) is 24.6. The Morgan fingerprint density at radius 3 is 2.09 bits per heavy atom. The molecular formula is C27H29NO3Si. The van der Waals surface area contributed by atoms with Gasteiger partial charge in [-0.15, -0.1) is 0 Å². The maximum absolute atomic E-state index is 13.0. The molecule has 4 rings (SSSR count). The van der Waals surface area contributed by atoms with Gasteiger partial charge in [0, 0.05) is 16.5 Å². The zero-order valence-corrected chi connectivity index (χ0v) is 20.2. The van der Waals surface area contributed by atoms with Crippen molar-refractivity contribution in [1.29, 1.82) is 0 Å². The summed E-state index contributed by atoms with van der Waals surface area (Å²) >= 11 is 0. The number of hydrogen-bond acceptors (Lipinski definition) is 3. The van der Waals surface area contributed by atoms with Crippen LogP contribution in [0.25, 0.3) is 10.9 Å². The Balaban J connectivity index is 1.52. The molecule has 1 N–H and O–H groups in total. The Labute approximate surface area is 190 Å². The van der Waals surface area contributed by atoms with Gasteiger partial charge in [-0.1, -0.05) is 39.0 Å². The summed E-state index contributed by atoms with van der Waals surface area (Å²) in [4.78, 5) is 16.3. The van der Waals surface area contributed by atoms with E-state index in [4.69, 9.17) is 9.16 Å². The summed E-state index contributed by atoms with van der Waals surface area (Å²) in [5.41, 5.74) is 2.08. The van der Waals surface area contributed by atoms with Gasteiger partial charge in [-0.2, -0.15) is 0 Å². The van der Waals surface area contributed by atoms with Gasteiger partial charge in [0.1, 0.15) is 17.2 Å². The second kappa shape index (κ2) is 8.32. The van der Waals surface area contributed by atoms with Crippen LogP contribution in [0.2, 0.25) is 18.1 Å². The van der Waals surface area contributed by atoms with Gasteiger partial charge in [-0.05, 0) is 78.8 Å². The van der Waals surface area contributed by atoms with Crippen LogP contribution in [0.15, 0.2) is 78.9 Å². The summed E-state index contributed by atoms with van der Waals surface area (Å²) in [6.07, 6.45) is 0. The van der Waals surface area contributed by atoms with Crippen molar-refractivity contribution in [1.82, 2.24) is 4.98 Å². The van der Waals surface area contributed by atoms with Crippen LogP contribution in [0.4, 0.5) is 0 Å². The molecule has 0 radical (unpaired) electrons. The van der Waals surface area contributed by atoms with Crippen molar-refractivity contribution in [3.05, 3.63) is 90.1 Å². The highest BCUT2D eigenvalue weighted by Crippen LogP contribution is 2.38. The highest BCUT2D eigenvalue weighted by molar-refractivity contribution is 6.74. The Morgan fingerprint density at radius 2 is 1.44 bits per heavy atom. The first-order chi connectivity index (χ1) is 15.1. The number of H-pyrrole nitrogens is 1. The smallest absolute Gasteiger partial charge is 0.250 e. The molecule has 0 fully saturated rings. The average Bonchev–Trinajstić information content (AvgIpc) is 3.17. The summed E-state index contributed by atoms with van der Waals surface area (Å²) in [5, 5.41) is 1.09. The van der Waals surface area contributed by atoms with E-state index in [-0.39, 0.29) is 10.8 Å². The largest absolute Gasteiger partial charge is 0.543 e. The maximum atomic E-state index is 13.0. The van der Waals surface area contributed by atoms with Crippen molar-refractivity contribution in [2.45, 2.75) is 38.9 Å². The maximum Gasteiger partial charge on any atom is 0.250 e. The number of aromatic amines is 1. The summed E-state index contributed by atoms with van der Waals surface area (Å²) in [5.74, 6) is 2.25. The van der Waals surface area contributed by atoms with Crippen LogP contribution in [0, 0.1) is 0 Å². The van der Waals surface area contributed by atoms with Gasteiger partial charge in [0.2, 0.25) is 14.1 Å². The topological polar surface area (TPSA) is 51.3 Å². The predicted molar refractivity (Wildman–Crippen MR) is 133 cm³/mol. The molecule has 0 amide bonds. The fourth-order valence-corrected chi connectivity index (χ4v) is 4.22. The molecule has 0 saturated carbocycles. The van der Waals surface area contributed by atoms with E-state index in [1.807, 2.05) is 66.7 Å². The molecule has 5 heteroatoms. The molecule has 1 aromatic heterocycles. The lowest BCUT2D eigenvalue weighted by Crippen LogP contribution is -2.43. The molecule has 0 unspecified atom stereocenters. The number of fused-ring (bicyclic) bond motifs is 1. The van der Waals surface area contributed by atoms with E-state index in [9.17, 15) is 4.79 Å². The molecule has 0 aliphatic heterocycles. The molecule has 0 saturated heterocycles. The van der Waals surface area contributed by atoms with Crippen LogP contribution in [-0.2, 0) is 0 Å². The Bertz CT molecular complexity index is 1240. The molecular weight excluding hydrogens is 414 g/mol. The van der Waals surface area contributed by atoms with Crippen molar-refractivity contribution in [2.24, 2.45) is 0 Å². The van der Waals surface area contributed by atoms with E-state index in [0.717, 1.165) is 22.4 Å². The van der Waals surface area contributed by atoms with Crippen molar-refractivity contribution in [3.63, 3.8) is 0 Å². The van der Waals surface area contributed by atoms with E-state index < -0.39 is 8.32 Å². The fourth-order valence-electron chi connectivity index (χ4n) is 3.20. The lowest BCUT2D eigenvalue weighted by Gasteiger charge is -2.36. The van der Waals surface area contributed by atoms with Gasteiger partial charge < -0.3 is 14.1 Å². The summed E-state index contributed by atoms with van der Waals surface area (Å²) < 4.78 is 12.2. The summed E-state index contributed by atoms with van der Waals surface area (Å²) in [6.45, 7) is 11.1. The minimum absolute atomic E-state index is 0.0562. The van der Waals surface area contributed by atoms with Crippen molar-refractivity contribution in [3.8, 4) is 17.2 Å². The molecule has 0 aliphatic rings. The van der Waals surface area contributed by atoms with E-state index in [1.54, 1.807) is 12.1 Å². The highest BCUT2D eigenvalue weighted by Gasteiger charge is 2.39. The molecule has 164 valence electrons. The van der Waals surface area contributed by atoms with E-state index >= 15 is 0 Å². The number of carbonyl (C=O) groups is 1. The Hall–Kier alpha value is -3.31. The lowest BCUT2D eigenvalue weighted by atomic mass is 10.1. The van der Waals surface area contributed by atoms with Gasteiger partial charge in [0.25, 0.3) is 0 Å². The Kier molecular flexibility index (Phi) is 5.69. The third-order valence-electron chi connectivity index (χ3n) is 6.11. The van der Waals surface area contributed by atoms with Crippen molar-refractivity contribution >= 4 is 25.0 Å². The van der Waals surface area contributed by atoms with Crippen LogP contribution in [0.3, 0.4) is 0 Å². The first-order valence-electron chi connectivity index (χ1n) is 10.8. The minimum atomic E-state index is -1.92. The monoisotopic (exact) mass is 443 g/mol. The molecule has 0 spiro atoms. The number of benzene rings is 3. The number of carbonyl (C=O) groups excluding carboxylic acids is 1. The molecule has 32 heavy (non-hydrogen) atoms. The normalized spacial score (nSPS) is 12.0. The third-order valence-corrected chi connectivity index (χ3v) is 10.5. The second-order valence-corrected chi connectivity index (χ2v) is 14.3. The first kappa shape index (κ1) is 21.9. The molecule has 1 heterocycles. The number of nitrogens with one attached hydrogen (secondary N) is 1. The molecule has 4 nitrogen and oxygen atoms in total. The number of rotatable bonds is 6. The number of aromatic nitrogens is 1. The number of ketones is 1. The zero-order chi connectivity index (χ0) is 22.9. The van der Waals surface area contributed by atoms with E-state index in [2.05, 4.69) is 38.8 Å². The van der Waals surface area contributed by atoms with Gasteiger partial charge in [-0.3, -0.25) is 4.79 Å². The quantitative estimate of drug-likeness (QED) is 0.247. The third kappa shape index (κ3) is 4.63. The average molecular weight is 444 g/mol. The summed E-state index contributed by atoms with van der Waals surface area (Å²) in [7, 11) is -1.92. The predicted octanol–water partition coefficient (Wildman–Crippen LogP) is 7.58. The Morgan fingerprint density at radius 1 is 0.812 bits per heavy atom. The molecule has 4 aromatic rings. The SMILES string of the molecule is CC(C)(C)[Si](C)(C)Oc1ccc2[nH]c(C(=O)c3ccc(Oc4ccccc4)cc3)cc2c1. The van der Waals surface area contributed by atoms with Gasteiger partial charge in [0.05, 0.1) is 5.69 Å². The molecule has 0 bridgehead atoms. The van der Waals surface area contributed by atoms with Gasteiger partial charge >= 0.3 is 0 Å². The van der Waals surface area contributed by atoms with Gasteiger partial charge in [0.15, 0.2) is 0 Å². The van der Waals surface area contributed by atoms with Gasteiger partial charge in [-0.25, -0.2) is 0 Å². The molecule has 0 aliphatic carbocycles. The second-order valence-electron chi connectivity index (χ2n) is 9.56. The molecule has 3 aromatic carbocycles. The van der Waals surface area contributed by atoms with Crippen molar-refractivity contribution < 1.29 is 14.0 Å². The minimum Gasteiger partial charge on any atom is -0.543 e.